The van der Waals surface area contributed by atoms with Gasteiger partial charge in [-0.1, -0.05) is 17.3 Å². The number of halogens is 1. The van der Waals surface area contributed by atoms with Crippen molar-refractivity contribution in [2.24, 2.45) is 0 Å². The Hall–Kier alpha value is -3.22. The number of carbonyl (C=O) groups is 1. The number of hydrogen-bond donors (Lipinski definition) is 1. The number of carbonyl (C=O) groups excluding carboxylic acids is 1. The lowest BCUT2D eigenvalue weighted by atomic mass is 10.2. The fraction of sp³-hybridized carbons (Fsp3) is 0.118. The predicted molar refractivity (Wildman–Crippen MR) is 85.4 cm³/mol. The van der Waals surface area contributed by atoms with E-state index in [1.165, 1.54) is 35.0 Å². The van der Waals surface area contributed by atoms with E-state index in [9.17, 15) is 14.0 Å². The minimum atomic E-state index is -0.420. The quantitative estimate of drug-likeness (QED) is 0.799. The van der Waals surface area contributed by atoms with E-state index < -0.39 is 5.91 Å². The van der Waals surface area contributed by atoms with E-state index >= 15 is 0 Å². The van der Waals surface area contributed by atoms with E-state index in [2.05, 4.69) is 10.5 Å². The van der Waals surface area contributed by atoms with Gasteiger partial charge in [-0.25, -0.2) is 4.39 Å². The van der Waals surface area contributed by atoms with Crippen LogP contribution < -0.4 is 10.9 Å². The lowest BCUT2D eigenvalue weighted by molar-refractivity contribution is 0.102. The fourth-order valence-corrected chi connectivity index (χ4v) is 2.24. The van der Waals surface area contributed by atoms with Crippen LogP contribution in [0.4, 0.5) is 10.2 Å². The molecular formula is C17H14FN3O3. The maximum Gasteiger partial charge on any atom is 0.258 e. The van der Waals surface area contributed by atoms with Crippen LogP contribution in [0.1, 0.15) is 21.7 Å². The molecule has 24 heavy (non-hydrogen) atoms. The van der Waals surface area contributed by atoms with E-state index in [0.717, 1.165) is 0 Å². The fourth-order valence-electron chi connectivity index (χ4n) is 2.24. The summed E-state index contributed by atoms with van der Waals surface area (Å²) in [6.45, 7) is 1.88. The lowest BCUT2D eigenvalue weighted by Gasteiger charge is -2.08. The summed E-state index contributed by atoms with van der Waals surface area (Å²) in [5.74, 6) is 0.0638. The van der Waals surface area contributed by atoms with Crippen molar-refractivity contribution in [3.05, 3.63) is 81.7 Å². The number of amides is 1. The van der Waals surface area contributed by atoms with Crippen molar-refractivity contribution >= 4 is 11.7 Å². The molecule has 3 aromatic rings. The molecule has 0 saturated heterocycles. The van der Waals surface area contributed by atoms with Crippen molar-refractivity contribution in [1.29, 1.82) is 0 Å². The van der Waals surface area contributed by atoms with Crippen molar-refractivity contribution in [2.45, 2.75) is 13.5 Å². The molecule has 0 aliphatic rings. The van der Waals surface area contributed by atoms with E-state index in [1.54, 1.807) is 25.1 Å². The zero-order valence-corrected chi connectivity index (χ0v) is 12.8. The Kier molecular flexibility index (Phi) is 4.24. The predicted octanol–water partition coefficient (Wildman–Crippen LogP) is 2.58. The number of nitrogens with one attached hydrogen (secondary N) is 1. The van der Waals surface area contributed by atoms with Crippen molar-refractivity contribution in [2.75, 3.05) is 5.32 Å². The molecule has 7 heteroatoms. The molecule has 6 nitrogen and oxygen atoms in total. The Morgan fingerprint density at radius 2 is 2.12 bits per heavy atom. The van der Waals surface area contributed by atoms with Crippen molar-refractivity contribution < 1.29 is 13.7 Å². The third-order valence-electron chi connectivity index (χ3n) is 3.36. The molecule has 0 aliphatic carbocycles. The molecule has 0 unspecified atom stereocenters. The molecule has 0 fully saturated rings. The van der Waals surface area contributed by atoms with Gasteiger partial charge < -0.3 is 14.4 Å². The van der Waals surface area contributed by atoms with E-state index in [4.69, 9.17) is 4.52 Å². The van der Waals surface area contributed by atoms with Crippen LogP contribution in [-0.4, -0.2) is 15.6 Å². The monoisotopic (exact) mass is 327 g/mol. The van der Waals surface area contributed by atoms with Crippen molar-refractivity contribution in [3.63, 3.8) is 0 Å². The number of pyridine rings is 1. The SMILES string of the molecule is Cc1cc(NC(=O)c2ccc(=O)n(Cc3cccc(F)c3)c2)no1. The Morgan fingerprint density at radius 1 is 1.29 bits per heavy atom. The third-order valence-corrected chi connectivity index (χ3v) is 3.36. The van der Waals surface area contributed by atoms with E-state index in [-0.39, 0.29) is 23.5 Å². The molecule has 2 heterocycles. The van der Waals surface area contributed by atoms with Gasteiger partial charge in [-0.3, -0.25) is 9.59 Å². The smallest absolute Gasteiger partial charge is 0.258 e. The lowest BCUT2D eigenvalue weighted by Crippen LogP contribution is -2.22. The molecule has 122 valence electrons. The summed E-state index contributed by atoms with van der Waals surface area (Å²) in [4.78, 5) is 24.2. The molecule has 1 aromatic carbocycles. The molecule has 0 saturated carbocycles. The first-order valence-corrected chi connectivity index (χ1v) is 7.21. The van der Waals surface area contributed by atoms with E-state index in [0.29, 0.717) is 17.1 Å². The molecular weight excluding hydrogens is 313 g/mol. The van der Waals surface area contributed by atoms with Crippen LogP contribution in [0.2, 0.25) is 0 Å². The van der Waals surface area contributed by atoms with Gasteiger partial charge in [0.25, 0.3) is 11.5 Å². The van der Waals surface area contributed by atoms with Crippen LogP contribution in [0.5, 0.6) is 0 Å². The highest BCUT2D eigenvalue weighted by Crippen LogP contribution is 2.10. The first-order chi connectivity index (χ1) is 11.5. The number of nitrogens with zero attached hydrogens (tertiary/aromatic N) is 2. The maximum absolute atomic E-state index is 13.3. The Bertz CT molecular complexity index is 946. The first-order valence-electron chi connectivity index (χ1n) is 7.21. The highest BCUT2D eigenvalue weighted by molar-refractivity contribution is 6.03. The highest BCUT2D eigenvalue weighted by Gasteiger charge is 2.11. The third kappa shape index (κ3) is 3.57. The standard InChI is InChI=1S/C17H14FN3O3/c1-11-7-15(20-24-11)19-17(23)13-5-6-16(22)21(10-13)9-12-3-2-4-14(18)8-12/h2-8,10H,9H2,1H3,(H,19,20,23). The summed E-state index contributed by atoms with van der Waals surface area (Å²) in [5.41, 5.74) is 0.626. The number of hydrogen-bond acceptors (Lipinski definition) is 4. The molecule has 1 N–H and O–H groups in total. The highest BCUT2D eigenvalue weighted by atomic mass is 19.1. The molecule has 0 aliphatic heterocycles. The Balaban J connectivity index is 1.83. The number of aromatic nitrogens is 2. The van der Waals surface area contributed by atoms with Crippen LogP contribution in [-0.2, 0) is 6.54 Å². The second kappa shape index (κ2) is 6.49. The average Bonchev–Trinajstić information content (AvgIpc) is 2.94. The number of rotatable bonds is 4. The first kappa shape index (κ1) is 15.7. The van der Waals surface area contributed by atoms with Crippen molar-refractivity contribution in [3.8, 4) is 0 Å². The van der Waals surface area contributed by atoms with Crippen molar-refractivity contribution in [1.82, 2.24) is 9.72 Å². The van der Waals surface area contributed by atoms with Gasteiger partial charge in [0.2, 0.25) is 0 Å². The number of anilines is 1. The summed E-state index contributed by atoms with van der Waals surface area (Å²) in [6.07, 6.45) is 1.43. The zero-order chi connectivity index (χ0) is 17.1. The molecule has 3 rings (SSSR count). The van der Waals surface area contributed by atoms with Crippen LogP contribution in [0.3, 0.4) is 0 Å². The second-order valence-electron chi connectivity index (χ2n) is 5.29. The van der Waals surface area contributed by atoms with Gasteiger partial charge in [0.15, 0.2) is 5.82 Å². The molecule has 0 atom stereocenters. The molecule has 2 aromatic heterocycles. The Labute approximate surface area is 136 Å². The topological polar surface area (TPSA) is 77.1 Å². The van der Waals surface area contributed by atoms with Gasteiger partial charge in [0, 0.05) is 18.3 Å². The summed E-state index contributed by atoms with van der Waals surface area (Å²) in [6, 6.07) is 10.3. The summed E-state index contributed by atoms with van der Waals surface area (Å²) < 4.78 is 19.5. The van der Waals surface area contributed by atoms with Gasteiger partial charge in [-0.15, -0.1) is 0 Å². The largest absolute Gasteiger partial charge is 0.360 e. The molecule has 0 radical (unpaired) electrons. The van der Waals surface area contributed by atoms with Gasteiger partial charge in [0.1, 0.15) is 11.6 Å². The zero-order valence-electron chi connectivity index (χ0n) is 12.8. The van der Waals surface area contributed by atoms with E-state index in [1.807, 2.05) is 0 Å². The van der Waals surface area contributed by atoms with Crippen LogP contribution in [0.25, 0.3) is 0 Å². The molecule has 0 bridgehead atoms. The minimum Gasteiger partial charge on any atom is -0.360 e. The maximum atomic E-state index is 13.3. The van der Waals surface area contributed by atoms with Gasteiger partial charge >= 0.3 is 0 Å². The second-order valence-corrected chi connectivity index (χ2v) is 5.29. The summed E-state index contributed by atoms with van der Waals surface area (Å²) in [5, 5.41) is 6.26. The van der Waals surface area contributed by atoms with Crippen LogP contribution in [0.15, 0.2) is 58.0 Å². The van der Waals surface area contributed by atoms with Crippen LogP contribution in [0, 0.1) is 12.7 Å². The molecule has 1 amide bonds. The summed E-state index contributed by atoms with van der Waals surface area (Å²) in [7, 11) is 0. The number of aryl methyl sites for hydroxylation is 1. The molecule has 0 spiro atoms. The normalized spacial score (nSPS) is 10.6. The summed E-state index contributed by atoms with van der Waals surface area (Å²) >= 11 is 0. The van der Waals surface area contributed by atoms with Gasteiger partial charge in [0.05, 0.1) is 12.1 Å². The minimum absolute atomic E-state index is 0.167. The van der Waals surface area contributed by atoms with Gasteiger partial charge in [-0.05, 0) is 30.7 Å². The number of benzene rings is 1. The Morgan fingerprint density at radius 3 is 2.83 bits per heavy atom. The van der Waals surface area contributed by atoms with Gasteiger partial charge in [-0.2, -0.15) is 0 Å². The van der Waals surface area contributed by atoms with Crippen LogP contribution >= 0.6 is 0 Å². The average molecular weight is 327 g/mol.